The van der Waals surface area contributed by atoms with Gasteiger partial charge in [-0.15, -0.1) is 0 Å². The molecule has 3 N–H and O–H groups in total. The highest BCUT2D eigenvalue weighted by Gasteiger charge is 2.45. The summed E-state index contributed by atoms with van der Waals surface area (Å²) in [4.78, 5) is 24.9. The van der Waals surface area contributed by atoms with E-state index in [0.717, 1.165) is 12.8 Å². The van der Waals surface area contributed by atoms with Gasteiger partial charge in [-0.2, -0.15) is 5.26 Å². The highest BCUT2D eigenvalue weighted by atomic mass is 19.2. The monoisotopic (exact) mass is 394 g/mol. The molecule has 0 aromatic rings. The Morgan fingerprint density at radius 3 is 2.71 bits per heavy atom. The van der Waals surface area contributed by atoms with E-state index in [1.807, 2.05) is 6.92 Å². The fourth-order valence-electron chi connectivity index (χ4n) is 4.66. The van der Waals surface area contributed by atoms with Gasteiger partial charge in [-0.25, -0.2) is 8.78 Å². The van der Waals surface area contributed by atoms with Gasteiger partial charge >= 0.3 is 0 Å². The Labute approximate surface area is 164 Å². The molecular weight excluding hydrogens is 366 g/mol. The summed E-state index contributed by atoms with van der Waals surface area (Å²) in [6.07, 6.45) is -1.26. The van der Waals surface area contributed by atoms with E-state index in [1.165, 1.54) is 0 Å². The van der Waals surface area contributed by atoms with Crippen molar-refractivity contribution in [1.29, 1.82) is 5.26 Å². The zero-order chi connectivity index (χ0) is 20.4. The summed E-state index contributed by atoms with van der Waals surface area (Å²) in [6, 6.07) is 1.74. The molecule has 8 heteroatoms. The van der Waals surface area contributed by atoms with E-state index in [0.29, 0.717) is 18.5 Å². The number of piperidine rings is 1. The maximum absolute atomic E-state index is 14.4. The van der Waals surface area contributed by atoms with Crippen molar-refractivity contribution in [1.82, 2.24) is 16.0 Å². The Morgan fingerprint density at radius 1 is 1.32 bits per heavy atom. The van der Waals surface area contributed by atoms with Gasteiger partial charge in [0.1, 0.15) is 12.3 Å². The van der Waals surface area contributed by atoms with Gasteiger partial charge in [0.15, 0.2) is 0 Å². The molecule has 1 aliphatic carbocycles. The summed E-state index contributed by atoms with van der Waals surface area (Å²) in [7, 11) is 0. The van der Waals surface area contributed by atoms with Gasteiger partial charge in [0.2, 0.25) is 11.8 Å². The van der Waals surface area contributed by atoms with Crippen molar-refractivity contribution in [2.75, 3.05) is 6.54 Å². The first-order valence-corrected chi connectivity index (χ1v) is 10.0. The first-order valence-electron chi connectivity index (χ1n) is 10.0. The number of amides is 2. The van der Waals surface area contributed by atoms with E-state index in [1.54, 1.807) is 6.92 Å². The van der Waals surface area contributed by atoms with E-state index in [-0.39, 0.29) is 48.2 Å². The molecule has 6 nitrogen and oxygen atoms in total. The number of alkyl halides is 2. The van der Waals surface area contributed by atoms with Gasteiger partial charge in [0, 0.05) is 36.2 Å². The number of fused-ring (bicyclic) bond motifs is 1. The number of hydrogen-bond donors (Lipinski definition) is 3. The average molecular weight is 394 g/mol. The molecule has 0 aromatic heterocycles. The van der Waals surface area contributed by atoms with Crippen molar-refractivity contribution in [2.45, 2.75) is 76.4 Å². The number of carbonyl (C=O) groups is 2. The molecule has 0 spiro atoms. The minimum Gasteiger partial charge on any atom is -0.352 e. The predicted molar refractivity (Wildman–Crippen MR) is 99.5 cm³/mol. The number of carbonyl (C=O) groups excluding carboxylic acids is 2. The minimum atomic E-state index is -1.66. The standard InChI is InChI=1S/C20H28F2N4O2/c1-10-13(20(28)26-16-6-4-14(21)19(22)18(10)16)7-17(27)25-11(2)15-5-3-12(8-23)9-24-15/h11-12,14-16,18-19,24H,3-7,9H2,1-2H3,(H,25,27)(H,26,28)/t11-,12?,14?,15?,16?,18?,19?/m1/s1. The lowest BCUT2D eigenvalue weighted by molar-refractivity contribution is -0.125. The van der Waals surface area contributed by atoms with E-state index < -0.39 is 24.3 Å². The van der Waals surface area contributed by atoms with Gasteiger partial charge in [-0.05, 0) is 39.5 Å². The fourth-order valence-corrected chi connectivity index (χ4v) is 4.66. The van der Waals surface area contributed by atoms with Gasteiger partial charge < -0.3 is 16.0 Å². The molecule has 0 aromatic carbocycles. The summed E-state index contributed by atoms with van der Waals surface area (Å²) in [5, 5.41) is 17.9. The maximum atomic E-state index is 14.4. The second-order valence-corrected chi connectivity index (χ2v) is 8.26. The topological polar surface area (TPSA) is 94.0 Å². The van der Waals surface area contributed by atoms with Crippen molar-refractivity contribution in [3.63, 3.8) is 0 Å². The number of nitrogens with one attached hydrogen (secondary N) is 3. The quantitative estimate of drug-likeness (QED) is 0.676. The zero-order valence-electron chi connectivity index (χ0n) is 16.3. The zero-order valence-corrected chi connectivity index (χ0v) is 16.3. The molecule has 0 bridgehead atoms. The summed E-state index contributed by atoms with van der Waals surface area (Å²) >= 11 is 0. The molecule has 1 saturated carbocycles. The van der Waals surface area contributed by atoms with Crippen LogP contribution in [0, 0.1) is 23.2 Å². The van der Waals surface area contributed by atoms with Crippen LogP contribution in [0.15, 0.2) is 11.1 Å². The highest BCUT2D eigenvalue weighted by Crippen LogP contribution is 2.38. The van der Waals surface area contributed by atoms with Crippen LogP contribution in [-0.4, -0.2) is 48.8 Å². The Kier molecular flexibility index (Phi) is 6.33. The van der Waals surface area contributed by atoms with Crippen molar-refractivity contribution >= 4 is 11.8 Å². The molecule has 6 unspecified atom stereocenters. The number of nitriles is 1. The molecule has 0 radical (unpaired) electrons. The SMILES string of the molecule is CC1=C(CC(=O)N[C@H](C)C2CCC(C#N)CN2)C(=O)NC2CCC(F)C(F)C12. The van der Waals surface area contributed by atoms with Crippen LogP contribution >= 0.6 is 0 Å². The fraction of sp³-hybridized carbons (Fsp3) is 0.750. The molecule has 28 heavy (non-hydrogen) atoms. The van der Waals surface area contributed by atoms with Crippen LogP contribution < -0.4 is 16.0 Å². The molecule has 2 fully saturated rings. The van der Waals surface area contributed by atoms with Crippen molar-refractivity contribution < 1.29 is 18.4 Å². The highest BCUT2D eigenvalue weighted by molar-refractivity contribution is 6.00. The number of hydrogen-bond acceptors (Lipinski definition) is 4. The van der Waals surface area contributed by atoms with Crippen molar-refractivity contribution in [2.24, 2.45) is 11.8 Å². The van der Waals surface area contributed by atoms with Crippen molar-refractivity contribution in [3.8, 4) is 6.07 Å². The number of nitrogens with zero attached hydrogens (tertiary/aromatic N) is 1. The minimum absolute atomic E-state index is 0.00527. The van der Waals surface area contributed by atoms with Gasteiger partial charge in [0.25, 0.3) is 0 Å². The molecule has 7 atom stereocenters. The largest absolute Gasteiger partial charge is 0.352 e. The molecule has 2 heterocycles. The van der Waals surface area contributed by atoms with E-state index in [9.17, 15) is 18.4 Å². The van der Waals surface area contributed by atoms with Crippen LogP contribution in [0.3, 0.4) is 0 Å². The molecule has 2 amide bonds. The first kappa shape index (κ1) is 20.7. The Hall–Kier alpha value is -2.01. The van der Waals surface area contributed by atoms with Gasteiger partial charge in [-0.3, -0.25) is 9.59 Å². The number of rotatable bonds is 4. The average Bonchev–Trinajstić information content (AvgIpc) is 2.68. The lowest BCUT2D eigenvalue weighted by Gasteiger charge is -2.41. The van der Waals surface area contributed by atoms with Crippen LogP contribution in [0.25, 0.3) is 0 Å². The molecule has 3 rings (SSSR count). The van der Waals surface area contributed by atoms with Crippen LogP contribution in [0.1, 0.15) is 46.0 Å². The lowest BCUT2D eigenvalue weighted by atomic mass is 9.73. The van der Waals surface area contributed by atoms with E-state index >= 15 is 0 Å². The lowest BCUT2D eigenvalue weighted by Crippen LogP contribution is -2.55. The van der Waals surface area contributed by atoms with Gasteiger partial charge in [0.05, 0.1) is 18.4 Å². The van der Waals surface area contributed by atoms with Crippen molar-refractivity contribution in [3.05, 3.63) is 11.1 Å². The molecule has 1 saturated heterocycles. The van der Waals surface area contributed by atoms with Crippen LogP contribution in [-0.2, 0) is 9.59 Å². The molecular formula is C20H28F2N4O2. The third-order valence-corrected chi connectivity index (χ3v) is 6.41. The van der Waals surface area contributed by atoms with Crippen LogP contribution in [0.5, 0.6) is 0 Å². The molecule has 2 aliphatic heterocycles. The summed E-state index contributed by atoms with van der Waals surface area (Å²) < 4.78 is 28.2. The third-order valence-electron chi connectivity index (χ3n) is 6.41. The Bertz CT molecular complexity index is 697. The predicted octanol–water partition coefficient (Wildman–Crippen LogP) is 1.67. The van der Waals surface area contributed by atoms with Crippen LogP contribution in [0.2, 0.25) is 0 Å². The second-order valence-electron chi connectivity index (χ2n) is 8.26. The second kappa shape index (κ2) is 8.56. The summed E-state index contributed by atoms with van der Waals surface area (Å²) in [5.41, 5.74) is 0.725. The first-order chi connectivity index (χ1) is 13.3. The Balaban J connectivity index is 1.62. The van der Waals surface area contributed by atoms with Gasteiger partial charge in [-0.1, -0.05) is 5.57 Å². The normalized spacial score (nSPS) is 36.8. The smallest absolute Gasteiger partial charge is 0.247 e. The number of halogens is 2. The van der Waals surface area contributed by atoms with E-state index in [4.69, 9.17) is 5.26 Å². The molecule has 3 aliphatic rings. The maximum Gasteiger partial charge on any atom is 0.247 e. The third kappa shape index (κ3) is 4.19. The van der Waals surface area contributed by atoms with E-state index in [2.05, 4.69) is 22.0 Å². The van der Waals surface area contributed by atoms with Crippen LogP contribution in [0.4, 0.5) is 8.78 Å². The molecule has 154 valence electrons. The Morgan fingerprint density at radius 2 is 2.07 bits per heavy atom. The summed E-state index contributed by atoms with van der Waals surface area (Å²) in [6.45, 7) is 4.12. The summed E-state index contributed by atoms with van der Waals surface area (Å²) in [5.74, 6) is -1.39.